The zero-order valence-electron chi connectivity index (χ0n) is 10.8. The second-order valence-electron chi connectivity index (χ2n) is 5.20. The van der Waals surface area contributed by atoms with Crippen molar-refractivity contribution in [1.82, 2.24) is 4.90 Å². The van der Waals surface area contributed by atoms with E-state index in [4.69, 9.17) is 4.74 Å². The lowest BCUT2D eigenvalue weighted by Crippen LogP contribution is -2.36. The van der Waals surface area contributed by atoms with Crippen molar-refractivity contribution in [2.24, 2.45) is 0 Å². The lowest BCUT2D eigenvalue weighted by atomic mass is 10.1. The molecule has 0 aromatic heterocycles. The molecule has 1 aromatic carbocycles. The third-order valence-corrected chi connectivity index (χ3v) is 6.90. The molecule has 0 N–H and O–H groups in total. The first kappa shape index (κ1) is 16.2. The fourth-order valence-electron chi connectivity index (χ4n) is 2.04. The molecule has 3 nitrogen and oxygen atoms in total. The molecule has 0 saturated carbocycles. The van der Waals surface area contributed by atoms with Gasteiger partial charge in [-0.1, -0.05) is 0 Å². The van der Waals surface area contributed by atoms with Crippen molar-refractivity contribution in [2.45, 2.75) is 25.5 Å². The molecule has 2 rings (SSSR count). The maximum absolute atomic E-state index is 12.4. The summed E-state index contributed by atoms with van der Waals surface area (Å²) < 4.78 is 8.81. The number of esters is 1. The van der Waals surface area contributed by atoms with Crippen LogP contribution in [0.4, 0.5) is 0 Å². The Morgan fingerprint density at radius 3 is 2.47 bits per heavy atom. The first-order valence-electron chi connectivity index (χ1n) is 5.80. The summed E-state index contributed by atoms with van der Waals surface area (Å²) in [5, 5.41) is 0. The predicted octanol–water partition coefficient (Wildman–Crippen LogP) is 3.75. The summed E-state index contributed by atoms with van der Waals surface area (Å²) in [7, 11) is 2.04. The topological polar surface area (TPSA) is 29.3 Å². The van der Waals surface area contributed by atoms with Crippen molar-refractivity contribution in [3.63, 3.8) is 0 Å². The molecule has 1 saturated heterocycles. The Hall–Kier alpha value is 0.840. The highest BCUT2D eigenvalue weighted by Crippen LogP contribution is 2.31. The van der Waals surface area contributed by atoms with Gasteiger partial charge in [0, 0.05) is 17.3 Å². The highest BCUT2D eigenvalue weighted by molar-refractivity contribution is 14.1. The Morgan fingerprint density at radius 1 is 1.37 bits per heavy atom. The van der Waals surface area contributed by atoms with E-state index in [2.05, 4.69) is 78.7 Å². The van der Waals surface area contributed by atoms with E-state index in [0.717, 1.165) is 17.3 Å². The van der Waals surface area contributed by atoms with Crippen LogP contribution < -0.4 is 0 Å². The van der Waals surface area contributed by atoms with E-state index < -0.39 is 5.60 Å². The SMILES string of the molecule is CN1CC1C(C)(C)OC(=O)c1cc(I)cc(I)c1I. The number of carbonyl (C=O) groups is 1. The Bertz CT molecular complexity index is 531. The minimum Gasteiger partial charge on any atom is -0.454 e. The van der Waals surface area contributed by atoms with Gasteiger partial charge >= 0.3 is 5.97 Å². The van der Waals surface area contributed by atoms with E-state index >= 15 is 0 Å². The molecule has 6 heteroatoms. The number of halogens is 3. The van der Waals surface area contributed by atoms with E-state index in [0.29, 0.717) is 11.6 Å². The van der Waals surface area contributed by atoms with Gasteiger partial charge in [-0.3, -0.25) is 4.90 Å². The third kappa shape index (κ3) is 3.73. The van der Waals surface area contributed by atoms with Crippen LogP contribution >= 0.6 is 67.8 Å². The molecular weight excluding hydrogens is 583 g/mol. The molecule has 0 spiro atoms. The van der Waals surface area contributed by atoms with Gasteiger partial charge in [0.05, 0.1) is 11.6 Å². The van der Waals surface area contributed by atoms with Crippen LogP contribution in [0, 0.1) is 10.7 Å². The Labute approximate surface area is 154 Å². The van der Waals surface area contributed by atoms with Crippen LogP contribution in [0.2, 0.25) is 0 Å². The van der Waals surface area contributed by atoms with Gasteiger partial charge in [0.25, 0.3) is 0 Å². The highest BCUT2D eigenvalue weighted by Gasteiger charge is 2.46. The zero-order valence-corrected chi connectivity index (χ0v) is 17.3. The molecule has 1 aliphatic rings. The van der Waals surface area contributed by atoms with Crippen LogP contribution in [0.25, 0.3) is 0 Å². The van der Waals surface area contributed by atoms with Gasteiger partial charge in [-0.05, 0) is 101 Å². The van der Waals surface area contributed by atoms with E-state index in [-0.39, 0.29) is 5.97 Å². The Kier molecular flexibility index (Phi) is 5.05. The number of likely N-dealkylation sites (N-methyl/N-ethyl adjacent to an activating group) is 1. The highest BCUT2D eigenvalue weighted by atomic mass is 127. The normalized spacial score (nSPS) is 22.2. The summed E-state index contributed by atoms with van der Waals surface area (Å²) in [6.07, 6.45) is 0. The van der Waals surface area contributed by atoms with Gasteiger partial charge in [0.15, 0.2) is 0 Å². The summed E-state index contributed by atoms with van der Waals surface area (Å²) in [6.45, 7) is 4.94. The summed E-state index contributed by atoms with van der Waals surface area (Å²) in [6, 6.07) is 4.27. The Morgan fingerprint density at radius 2 is 1.95 bits per heavy atom. The van der Waals surface area contributed by atoms with Gasteiger partial charge < -0.3 is 4.74 Å². The molecule has 1 aliphatic heterocycles. The molecule has 19 heavy (non-hydrogen) atoms. The third-order valence-electron chi connectivity index (χ3n) is 3.23. The first-order valence-corrected chi connectivity index (χ1v) is 9.04. The molecule has 0 amide bonds. The molecule has 0 bridgehead atoms. The predicted molar refractivity (Wildman–Crippen MR) is 101 cm³/mol. The molecular formula is C13H14I3NO2. The molecule has 0 radical (unpaired) electrons. The molecule has 1 aromatic rings. The van der Waals surface area contributed by atoms with Crippen molar-refractivity contribution in [1.29, 1.82) is 0 Å². The smallest absolute Gasteiger partial charge is 0.339 e. The maximum Gasteiger partial charge on any atom is 0.339 e. The van der Waals surface area contributed by atoms with Crippen LogP contribution in [0.3, 0.4) is 0 Å². The average molecular weight is 597 g/mol. The van der Waals surface area contributed by atoms with Crippen molar-refractivity contribution in [3.8, 4) is 0 Å². The fourth-order valence-corrected chi connectivity index (χ4v) is 4.42. The molecule has 104 valence electrons. The van der Waals surface area contributed by atoms with Crippen LogP contribution in [0.1, 0.15) is 24.2 Å². The first-order chi connectivity index (χ1) is 8.72. The van der Waals surface area contributed by atoms with E-state index in [1.54, 1.807) is 0 Å². The number of hydrogen-bond donors (Lipinski definition) is 0. The fraction of sp³-hybridized carbons (Fsp3) is 0.462. The van der Waals surface area contributed by atoms with E-state index in [1.165, 1.54) is 0 Å². The lowest BCUT2D eigenvalue weighted by Gasteiger charge is -2.25. The van der Waals surface area contributed by atoms with Crippen LogP contribution in [0.15, 0.2) is 12.1 Å². The zero-order chi connectivity index (χ0) is 14.4. The minimum atomic E-state index is -0.443. The summed E-state index contributed by atoms with van der Waals surface area (Å²) in [5.74, 6) is -0.230. The van der Waals surface area contributed by atoms with Crippen molar-refractivity contribution < 1.29 is 9.53 Å². The summed E-state index contributed by atoms with van der Waals surface area (Å²) >= 11 is 6.67. The van der Waals surface area contributed by atoms with Crippen molar-refractivity contribution in [3.05, 3.63) is 28.4 Å². The Balaban J connectivity index is 2.21. The largest absolute Gasteiger partial charge is 0.454 e. The van der Waals surface area contributed by atoms with E-state index in [9.17, 15) is 4.79 Å². The maximum atomic E-state index is 12.4. The lowest BCUT2D eigenvalue weighted by molar-refractivity contribution is -0.00571. The van der Waals surface area contributed by atoms with Gasteiger partial charge in [-0.15, -0.1) is 0 Å². The molecule has 1 fully saturated rings. The number of rotatable bonds is 3. The second-order valence-corrected chi connectivity index (χ2v) is 8.68. The van der Waals surface area contributed by atoms with Crippen LogP contribution in [-0.4, -0.2) is 36.1 Å². The monoisotopic (exact) mass is 597 g/mol. The quantitative estimate of drug-likeness (QED) is 0.231. The number of benzene rings is 1. The second kappa shape index (κ2) is 5.91. The summed E-state index contributed by atoms with van der Waals surface area (Å²) in [5.41, 5.74) is 0.218. The van der Waals surface area contributed by atoms with Gasteiger partial charge in [0.2, 0.25) is 0 Å². The number of hydrogen-bond acceptors (Lipinski definition) is 3. The van der Waals surface area contributed by atoms with E-state index in [1.807, 2.05) is 27.0 Å². The van der Waals surface area contributed by atoms with Crippen LogP contribution in [-0.2, 0) is 4.74 Å². The minimum absolute atomic E-state index is 0.230. The molecule has 2 unspecified atom stereocenters. The van der Waals surface area contributed by atoms with Crippen molar-refractivity contribution in [2.75, 3.05) is 13.6 Å². The number of nitrogens with zero attached hydrogens (tertiary/aromatic N) is 1. The molecule has 1 heterocycles. The standard InChI is InChI=1S/C13H14I3NO2/c1-13(2,10-6-17(10)3)19-12(18)8-4-7(14)5-9(15)11(8)16/h4-5,10H,6H2,1-3H3. The van der Waals surface area contributed by atoms with Gasteiger partial charge in [-0.25, -0.2) is 4.79 Å². The number of ether oxygens (including phenoxy) is 1. The average Bonchev–Trinajstić information content (AvgIpc) is 3.01. The molecule has 2 atom stereocenters. The van der Waals surface area contributed by atoms with Gasteiger partial charge in [0.1, 0.15) is 5.60 Å². The summed E-state index contributed by atoms with van der Waals surface area (Å²) in [4.78, 5) is 14.5. The molecule has 0 aliphatic carbocycles. The van der Waals surface area contributed by atoms with Crippen LogP contribution in [0.5, 0.6) is 0 Å². The number of carbonyl (C=O) groups excluding carboxylic acids is 1. The van der Waals surface area contributed by atoms with Gasteiger partial charge in [-0.2, -0.15) is 0 Å². The van der Waals surface area contributed by atoms with Crippen molar-refractivity contribution >= 4 is 73.7 Å².